The predicted octanol–water partition coefficient (Wildman–Crippen LogP) is 4.68. The van der Waals surface area contributed by atoms with Gasteiger partial charge >= 0.3 is 5.97 Å². The van der Waals surface area contributed by atoms with E-state index in [1.807, 2.05) is 0 Å². The third kappa shape index (κ3) is 4.99. The van der Waals surface area contributed by atoms with Gasteiger partial charge in [0.1, 0.15) is 0 Å². The van der Waals surface area contributed by atoms with Crippen LogP contribution in [-0.4, -0.2) is 39.2 Å². The maximum Gasteiger partial charge on any atom is 0.305 e. The predicted molar refractivity (Wildman–Crippen MR) is 107 cm³/mol. The number of hydrogen-bond acceptors (Lipinski definition) is 4. The van der Waals surface area contributed by atoms with E-state index in [2.05, 4.69) is 39.9 Å². The zero-order valence-electron chi connectivity index (χ0n) is 17.5. The minimum Gasteiger partial charge on any atom is -0.469 e. The number of ether oxygens (including phenoxy) is 1. The average molecular weight is 383 g/mol. The van der Waals surface area contributed by atoms with Crippen molar-refractivity contribution in [1.29, 1.82) is 0 Å². The van der Waals surface area contributed by atoms with E-state index in [1.165, 1.54) is 12.7 Å². The second-order valence-corrected chi connectivity index (χ2v) is 14.4. The summed E-state index contributed by atoms with van der Waals surface area (Å²) < 4.78 is 11.4. The van der Waals surface area contributed by atoms with Crippen LogP contribution in [0.4, 0.5) is 0 Å². The Bertz CT molecular complexity index is 521. The third-order valence-electron chi connectivity index (χ3n) is 6.85. The molecule has 0 saturated heterocycles. The molecule has 1 saturated carbocycles. The van der Waals surface area contributed by atoms with Gasteiger partial charge in [0.2, 0.25) is 0 Å². The van der Waals surface area contributed by atoms with Crippen LogP contribution in [0.2, 0.25) is 18.1 Å². The van der Waals surface area contributed by atoms with Gasteiger partial charge in [0.25, 0.3) is 0 Å². The molecule has 0 bridgehead atoms. The van der Waals surface area contributed by atoms with E-state index in [0.29, 0.717) is 18.3 Å². The molecule has 0 heterocycles. The Labute approximate surface area is 160 Å². The van der Waals surface area contributed by atoms with E-state index in [0.717, 1.165) is 32.1 Å². The molecule has 0 aromatic rings. The van der Waals surface area contributed by atoms with Gasteiger partial charge in [-0.2, -0.15) is 0 Å². The Morgan fingerprint density at radius 2 is 2.00 bits per heavy atom. The van der Waals surface area contributed by atoms with Crippen molar-refractivity contribution in [2.24, 2.45) is 17.8 Å². The summed E-state index contributed by atoms with van der Waals surface area (Å²) in [7, 11) is -0.364. The van der Waals surface area contributed by atoms with Gasteiger partial charge in [-0.25, -0.2) is 0 Å². The molecule has 0 spiro atoms. The van der Waals surface area contributed by atoms with Gasteiger partial charge in [0.05, 0.1) is 13.2 Å². The standard InChI is InChI=1S/C21H38O4Si/c1-21(2,3)26(5,6)25-19-13-16-11-15(12-17(16)18(19)14-22)9-7-8-10-20(23)24-4/h11,16-19,22H,7-10,12-14H2,1-6H3. The maximum absolute atomic E-state index is 11.2. The lowest BCUT2D eigenvalue weighted by molar-refractivity contribution is -0.140. The van der Waals surface area contributed by atoms with Crippen LogP contribution in [0.1, 0.15) is 59.3 Å². The van der Waals surface area contributed by atoms with E-state index in [9.17, 15) is 9.90 Å². The first-order valence-electron chi connectivity index (χ1n) is 10.1. The normalized spacial score (nSPS) is 28.8. The van der Waals surface area contributed by atoms with Crippen molar-refractivity contribution in [3.8, 4) is 0 Å². The molecule has 0 aromatic carbocycles. The molecule has 2 aliphatic rings. The van der Waals surface area contributed by atoms with Gasteiger partial charge in [-0.15, -0.1) is 0 Å². The Morgan fingerprint density at radius 3 is 2.58 bits per heavy atom. The largest absolute Gasteiger partial charge is 0.469 e. The zero-order chi connectivity index (χ0) is 19.5. The van der Waals surface area contributed by atoms with Gasteiger partial charge in [-0.05, 0) is 62.1 Å². The number of unbranched alkanes of at least 4 members (excludes halogenated alkanes) is 1. The van der Waals surface area contributed by atoms with Crippen LogP contribution >= 0.6 is 0 Å². The van der Waals surface area contributed by atoms with Gasteiger partial charge in [0, 0.05) is 18.9 Å². The van der Waals surface area contributed by atoms with E-state index < -0.39 is 8.32 Å². The van der Waals surface area contributed by atoms with Gasteiger partial charge in [-0.1, -0.05) is 32.4 Å². The number of hydrogen-bond donors (Lipinski definition) is 1. The van der Waals surface area contributed by atoms with E-state index in [1.54, 1.807) is 0 Å². The molecule has 1 fully saturated rings. The summed E-state index contributed by atoms with van der Waals surface area (Å²) in [5.41, 5.74) is 1.51. The summed E-state index contributed by atoms with van der Waals surface area (Å²) in [6.45, 7) is 11.7. The molecule has 4 atom stereocenters. The molecular weight excluding hydrogens is 344 g/mol. The minimum absolute atomic E-state index is 0.117. The highest BCUT2D eigenvalue weighted by molar-refractivity contribution is 6.74. The summed E-state index contributed by atoms with van der Waals surface area (Å²) in [6, 6.07) is 0. The van der Waals surface area contributed by atoms with Crippen molar-refractivity contribution >= 4 is 14.3 Å². The molecule has 2 aliphatic carbocycles. The average Bonchev–Trinajstić information content (AvgIpc) is 3.06. The molecule has 0 aliphatic heterocycles. The van der Waals surface area contributed by atoms with Gasteiger partial charge < -0.3 is 14.3 Å². The molecule has 0 amide bonds. The van der Waals surface area contributed by atoms with Crippen molar-refractivity contribution in [3.63, 3.8) is 0 Å². The lowest BCUT2D eigenvalue weighted by Crippen LogP contribution is -2.45. The topological polar surface area (TPSA) is 55.8 Å². The first kappa shape index (κ1) is 21.6. The van der Waals surface area contributed by atoms with Crippen molar-refractivity contribution in [3.05, 3.63) is 11.6 Å². The van der Waals surface area contributed by atoms with Crippen LogP contribution in [0.3, 0.4) is 0 Å². The Hall–Kier alpha value is -0.653. The smallest absolute Gasteiger partial charge is 0.305 e. The molecule has 26 heavy (non-hydrogen) atoms. The van der Waals surface area contributed by atoms with Crippen molar-refractivity contribution in [2.75, 3.05) is 13.7 Å². The summed E-state index contributed by atoms with van der Waals surface area (Å²) in [5.74, 6) is 1.23. The van der Waals surface area contributed by atoms with Gasteiger partial charge in [0.15, 0.2) is 8.32 Å². The lowest BCUT2D eigenvalue weighted by atomic mass is 9.90. The fraction of sp³-hybridized carbons (Fsp3) is 0.857. The van der Waals surface area contributed by atoms with Crippen molar-refractivity contribution in [2.45, 2.75) is 83.5 Å². The second-order valence-electron chi connectivity index (χ2n) is 9.64. The highest BCUT2D eigenvalue weighted by Crippen LogP contribution is 2.50. The molecule has 1 N–H and O–H groups in total. The van der Waals surface area contributed by atoms with Crippen LogP contribution in [0, 0.1) is 17.8 Å². The highest BCUT2D eigenvalue weighted by Gasteiger charge is 2.49. The number of fused-ring (bicyclic) bond motifs is 1. The number of esters is 1. The van der Waals surface area contributed by atoms with E-state index in [4.69, 9.17) is 9.16 Å². The minimum atomic E-state index is -1.81. The van der Waals surface area contributed by atoms with Crippen LogP contribution in [0.5, 0.6) is 0 Å². The summed E-state index contributed by atoms with van der Waals surface area (Å²) >= 11 is 0. The quantitative estimate of drug-likeness (QED) is 0.286. The first-order chi connectivity index (χ1) is 12.1. The molecule has 5 heteroatoms. The molecule has 4 nitrogen and oxygen atoms in total. The molecular formula is C21H38O4Si. The molecule has 0 radical (unpaired) electrons. The zero-order valence-corrected chi connectivity index (χ0v) is 18.5. The molecule has 0 aromatic heterocycles. The summed E-state index contributed by atoms with van der Waals surface area (Å²) in [5, 5.41) is 10.2. The van der Waals surface area contributed by atoms with Crippen LogP contribution in [0.25, 0.3) is 0 Å². The van der Waals surface area contributed by atoms with Crippen LogP contribution in [-0.2, 0) is 14.0 Å². The van der Waals surface area contributed by atoms with Crippen molar-refractivity contribution in [1.82, 2.24) is 0 Å². The Balaban J connectivity index is 1.89. The Morgan fingerprint density at radius 1 is 1.31 bits per heavy atom. The molecule has 4 unspecified atom stereocenters. The number of aliphatic hydroxyl groups excluding tert-OH is 1. The number of aliphatic hydroxyl groups is 1. The van der Waals surface area contributed by atoms with E-state index >= 15 is 0 Å². The SMILES string of the molecule is COC(=O)CCCCC1=CC2CC(O[Si](C)(C)C(C)(C)C)C(CO)C2C1. The number of methoxy groups -OCH3 is 1. The third-order valence-corrected chi connectivity index (χ3v) is 11.4. The number of carbonyl (C=O) groups is 1. The lowest BCUT2D eigenvalue weighted by Gasteiger charge is -2.40. The fourth-order valence-electron chi connectivity index (χ4n) is 4.23. The number of rotatable bonds is 8. The highest BCUT2D eigenvalue weighted by atomic mass is 28.4. The summed E-state index contributed by atoms with van der Waals surface area (Å²) in [4.78, 5) is 11.2. The summed E-state index contributed by atoms with van der Waals surface area (Å²) in [6.07, 6.45) is 8.29. The second kappa shape index (κ2) is 8.57. The fourth-order valence-corrected chi connectivity index (χ4v) is 5.61. The molecule has 150 valence electrons. The number of allylic oxidation sites excluding steroid dienone is 2. The van der Waals surface area contributed by atoms with Gasteiger partial charge in [-0.3, -0.25) is 4.79 Å². The monoisotopic (exact) mass is 382 g/mol. The van der Waals surface area contributed by atoms with Crippen LogP contribution in [0.15, 0.2) is 11.6 Å². The Kier molecular flexibility index (Phi) is 7.14. The van der Waals surface area contributed by atoms with E-state index in [-0.39, 0.29) is 29.6 Å². The number of carbonyl (C=O) groups excluding carboxylic acids is 1. The molecule has 2 rings (SSSR count). The first-order valence-corrected chi connectivity index (χ1v) is 13.0. The van der Waals surface area contributed by atoms with Crippen LogP contribution < -0.4 is 0 Å². The van der Waals surface area contributed by atoms with Crippen molar-refractivity contribution < 1.29 is 19.1 Å². The maximum atomic E-state index is 11.2.